The minimum absolute atomic E-state index is 0.152. The molecule has 0 bridgehead atoms. The maximum absolute atomic E-state index is 10.5. The highest BCUT2D eigenvalue weighted by Gasteiger charge is 2.20. The Kier molecular flexibility index (Phi) is 2.27. The number of rotatable bonds is 3. The second-order valence-electron chi connectivity index (χ2n) is 2.50. The highest BCUT2D eigenvalue weighted by Crippen LogP contribution is 2.16. The summed E-state index contributed by atoms with van der Waals surface area (Å²) in [5.74, 6) is -2.21. The zero-order valence-electron chi connectivity index (χ0n) is 6.72. The minimum atomic E-state index is -1.07. The third-order valence-corrected chi connectivity index (χ3v) is 1.59. The summed E-state index contributed by atoms with van der Waals surface area (Å²) in [4.78, 5) is 20.0. The number of aromatic amines is 1. The summed E-state index contributed by atoms with van der Waals surface area (Å²) in [6.45, 7) is 1.40. The number of aromatic nitrogens is 2. The van der Waals surface area contributed by atoms with E-state index in [0.717, 1.165) is 6.07 Å². The predicted octanol–water partition coefficient (Wildman–Crippen LogP) is 0.506. The molecular weight excluding hydrogens is 178 g/mol. The van der Waals surface area contributed by atoms with E-state index >= 15 is 0 Å². The van der Waals surface area contributed by atoms with Gasteiger partial charge in [-0.05, 0) is 11.8 Å². The van der Waals surface area contributed by atoms with Gasteiger partial charge >= 0.3 is 11.8 Å². The molecule has 2 N–H and O–H groups in total. The normalized spacial score (nSPS) is 12.4. The molecule has 7 nitrogen and oxygen atoms in total. The van der Waals surface area contributed by atoms with Crippen LogP contribution in [0.15, 0.2) is 6.07 Å². The number of H-pyrrole nitrogens is 1. The summed E-state index contributed by atoms with van der Waals surface area (Å²) in [7, 11) is 0. The summed E-state index contributed by atoms with van der Waals surface area (Å²) < 4.78 is 0. The second kappa shape index (κ2) is 3.21. The van der Waals surface area contributed by atoms with Crippen molar-refractivity contribution in [1.82, 2.24) is 10.2 Å². The standard InChI is InChI=1S/C6H7N3O4/c1-3(6(10)11)4-2-5(8-7-4)9(12)13/h2-3H,1H3,(H,7,8)(H,10,11). The van der Waals surface area contributed by atoms with E-state index in [4.69, 9.17) is 5.11 Å². The third-order valence-electron chi connectivity index (χ3n) is 1.59. The van der Waals surface area contributed by atoms with Crippen LogP contribution in [0.4, 0.5) is 5.82 Å². The fourth-order valence-corrected chi connectivity index (χ4v) is 0.768. The quantitative estimate of drug-likeness (QED) is 0.526. The first-order chi connectivity index (χ1) is 6.02. The molecule has 0 aromatic carbocycles. The molecule has 0 radical (unpaired) electrons. The molecular formula is C6H7N3O4. The number of aliphatic carboxylic acids is 1. The number of carbonyl (C=O) groups is 1. The van der Waals surface area contributed by atoms with Crippen LogP contribution in [0.1, 0.15) is 18.5 Å². The van der Waals surface area contributed by atoms with Crippen molar-refractivity contribution in [1.29, 1.82) is 0 Å². The van der Waals surface area contributed by atoms with Gasteiger partial charge in [0, 0.05) is 0 Å². The molecule has 13 heavy (non-hydrogen) atoms. The lowest BCUT2D eigenvalue weighted by Gasteiger charge is -1.97. The molecule has 0 saturated carbocycles. The minimum Gasteiger partial charge on any atom is -0.481 e. The van der Waals surface area contributed by atoms with Gasteiger partial charge in [0.2, 0.25) is 0 Å². The van der Waals surface area contributed by atoms with Crippen molar-refractivity contribution in [2.45, 2.75) is 12.8 Å². The monoisotopic (exact) mass is 185 g/mol. The van der Waals surface area contributed by atoms with E-state index in [0.29, 0.717) is 0 Å². The van der Waals surface area contributed by atoms with Gasteiger partial charge in [-0.25, -0.2) is 0 Å². The maximum atomic E-state index is 10.5. The average molecular weight is 185 g/mol. The van der Waals surface area contributed by atoms with Gasteiger partial charge in [0.1, 0.15) is 11.6 Å². The number of nitro groups is 1. The molecule has 1 aromatic rings. The summed E-state index contributed by atoms with van der Waals surface area (Å²) in [5.41, 5.74) is 0.152. The first-order valence-corrected chi connectivity index (χ1v) is 3.45. The van der Waals surface area contributed by atoms with E-state index in [1.54, 1.807) is 0 Å². The zero-order chi connectivity index (χ0) is 10.0. The van der Waals surface area contributed by atoms with Crippen molar-refractivity contribution in [3.63, 3.8) is 0 Å². The van der Waals surface area contributed by atoms with Crippen LogP contribution in [0.2, 0.25) is 0 Å². The highest BCUT2D eigenvalue weighted by atomic mass is 16.6. The Hall–Kier alpha value is -1.92. The van der Waals surface area contributed by atoms with Crippen LogP contribution in [0, 0.1) is 10.1 Å². The summed E-state index contributed by atoms with van der Waals surface area (Å²) >= 11 is 0. The smallest absolute Gasteiger partial charge is 0.342 e. The van der Waals surface area contributed by atoms with Crippen molar-refractivity contribution in [2.75, 3.05) is 0 Å². The van der Waals surface area contributed by atoms with Crippen LogP contribution in [-0.2, 0) is 4.79 Å². The molecule has 0 aliphatic heterocycles. The third kappa shape index (κ3) is 1.81. The average Bonchev–Trinajstić information content (AvgIpc) is 2.50. The Labute approximate surface area is 72.5 Å². The van der Waals surface area contributed by atoms with Crippen molar-refractivity contribution in [2.24, 2.45) is 0 Å². The van der Waals surface area contributed by atoms with E-state index in [-0.39, 0.29) is 11.5 Å². The van der Waals surface area contributed by atoms with E-state index in [2.05, 4.69) is 10.2 Å². The van der Waals surface area contributed by atoms with Crippen molar-refractivity contribution in [3.8, 4) is 0 Å². The van der Waals surface area contributed by atoms with Gasteiger partial charge in [0.15, 0.2) is 0 Å². The van der Waals surface area contributed by atoms with Gasteiger partial charge in [-0.2, -0.15) is 0 Å². The van der Waals surface area contributed by atoms with Gasteiger partial charge < -0.3 is 15.2 Å². The van der Waals surface area contributed by atoms with Crippen molar-refractivity contribution in [3.05, 3.63) is 21.9 Å². The van der Waals surface area contributed by atoms with Crippen molar-refractivity contribution >= 4 is 11.8 Å². The number of hydrogen-bond donors (Lipinski definition) is 2. The van der Waals surface area contributed by atoms with Crippen LogP contribution in [0.3, 0.4) is 0 Å². The molecule has 1 aromatic heterocycles. The molecule has 70 valence electrons. The fraction of sp³-hybridized carbons (Fsp3) is 0.333. The number of carboxylic acids is 1. The van der Waals surface area contributed by atoms with Crippen LogP contribution in [-0.4, -0.2) is 26.2 Å². The Morgan fingerprint density at radius 2 is 2.46 bits per heavy atom. The Morgan fingerprint density at radius 3 is 2.85 bits per heavy atom. The first kappa shape index (κ1) is 9.17. The van der Waals surface area contributed by atoms with Gasteiger partial charge in [-0.1, -0.05) is 5.10 Å². The van der Waals surface area contributed by atoms with Gasteiger partial charge in [0.25, 0.3) is 0 Å². The summed E-state index contributed by atoms with van der Waals surface area (Å²) in [6.07, 6.45) is 0. The van der Waals surface area contributed by atoms with Crippen LogP contribution >= 0.6 is 0 Å². The summed E-state index contributed by atoms with van der Waals surface area (Å²) in [5, 5.41) is 24.4. The zero-order valence-corrected chi connectivity index (χ0v) is 6.72. The molecule has 0 aliphatic carbocycles. The fourth-order valence-electron chi connectivity index (χ4n) is 0.768. The molecule has 0 aliphatic rings. The van der Waals surface area contributed by atoms with Gasteiger partial charge in [-0.15, -0.1) is 5.10 Å². The Morgan fingerprint density at radius 1 is 1.85 bits per heavy atom. The van der Waals surface area contributed by atoms with Gasteiger partial charge in [0.05, 0.1) is 6.07 Å². The maximum Gasteiger partial charge on any atom is 0.342 e. The molecule has 0 fully saturated rings. The lowest BCUT2D eigenvalue weighted by molar-refractivity contribution is -0.389. The molecule has 0 saturated heterocycles. The Bertz CT molecular complexity index is 345. The lowest BCUT2D eigenvalue weighted by atomic mass is 10.1. The SMILES string of the molecule is CC(C(=O)O)c1cc([N+](=O)[O-])[nH]n1. The van der Waals surface area contributed by atoms with E-state index in [1.807, 2.05) is 0 Å². The first-order valence-electron chi connectivity index (χ1n) is 3.45. The number of carboxylic acid groups (broad SMARTS) is 1. The molecule has 1 rings (SSSR count). The number of nitrogens with one attached hydrogen (secondary N) is 1. The van der Waals surface area contributed by atoms with Gasteiger partial charge in [-0.3, -0.25) is 4.79 Å². The molecule has 1 unspecified atom stereocenters. The lowest BCUT2D eigenvalue weighted by Crippen LogP contribution is -2.07. The summed E-state index contributed by atoms with van der Waals surface area (Å²) in [6, 6.07) is 1.11. The van der Waals surface area contributed by atoms with E-state index in [9.17, 15) is 14.9 Å². The number of hydrogen-bond acceptors (Lipinski definition) is 4. The van der Waals surface area contributed by atoms with Crippen LogP contribution < -0.4 is 0 Å². The van der Waals surface area contributed by atoms with Crippen LogP contribution in [0.25, 0.3) is 0 Å². The molecule has 1 atom stereocenters. The molecule has 0 spiro atoms. The topological polar surface area (TPSA) is 109 Å². The Balaban J connectivity index is 2.91. The largest absolute Gasteiger partial charge is 0.481 e. The van der Waals surface area contributed by atoms with E-state index in [1.165, 1.54) is 6.92 Å². The molecule has 7 heteroatoms. The predicted molar refractivity (Wildman–Crippen MR) is 41.3 cm³/mol. The van der Waals surface area contributed by atoms with Crippen molar-refractivity contribution < 1.29 is 14.8 Å². The molecule has 0 amide bonds. The van der Waals surface area contributed by atoms with E-state index < -0.39 is 16.8 Å². The van der Waals surface area contributed by atoms with Crippen LogP contribution in [0.5, 0.6) is 0 Å². The number of nitrogens with zero attached hydrogens (tertiary/aromatic N) is 2. The molecule has 1 heterocycles. The highest BCUT2D eigenvalue weighted by molar-refractivity contribution is 5.74. The second-order valence-corrected chi connectivity index (χ2v) is 2.50.